The van der Waals surface area contributed by atoms with Crippen molar-refractivity contribution in [2.75, 3.05) is 0 Å². The standard InChI is InChI=1S/C15H10N2O2S/c18-17(19)12-6-4-11(5-7-12)14-8-9-15(20-14)13-3-1-2-10-16-13/h1-10H. The van der Waals surface area contributed by atoms with Crippen LogP contribution >= 0.6 is 11.3 Å². The molecule has 0 aliphatic heterocycles. The van der Waals surface area contributed by atoms with Crippen LogP contribution in [0.2, 0.25) is 0 Å². The Morgan fingerprint density at radius 1 is 0.950 bits per heavy atom. The maximum absolute atomic E-state index is 10.6. The van der Waals surface area contributed by atoms with Crippen molar-refractivity contribution in [2.24, 2.45) is 0 Å². The first-order valence-corrected chi connectivity index (χ1v) is 6.82. The lowest BCUT2D eigenvalue weighted by molar-refractivity contribution is -0.384. The van der Waals surface area contributed by atoms with Crippen molar-refractivity contribution < 1.29 is 4.92 Å². The van der Waals surface area contributed by atoms with Crippen LogP contribution < -0.4 is 0 Å². The molecule has 1 aromatic carbocycles. The molecule has 3 aromatic rings. The third kappa shape index (κ3) is 2.44. The highest BCUT2D eigenvalue weighted by Gasteiger charge is 2.08. The molecule has 0 atom stereocenters. The molecule has 5 heteroatoms. The molecule has 0 saturated heterocycles. The van der Waals surface area contributed by atoms with Gasteiger partial charge in [0.05, 0.1) is 15.5 Å². The monoisotopic (exact) mass is 282 g/mol. The molecule has 2 aromatic heterocycles. The molecule has 0 saturated carbocycles. The molecule has 2 heterocycles. The first-order valence-electron chi connectivity index (χ1n) is 6.00. The number of hydrogen-bond acceptors (Lipinski definition) is 4. The fourth-order valence-corrected chi connectivity index (χ4v) is 2.87. The third-order valence-electron chi connectivity index (χ3n) is 2.89. The van der Waals surface area contributed by atoms with Gasteiger partial charge in [0.25, 0.3) is 5.69 Å². The van der Waals surface area contributed by atoms with Gasteiger partial charge in [-0.2, -0.15) is 0 Å². The number of rotatable bonds is 3. The molecule has 0 radical (unpaired) electrons. The van der Waals surface area contributed by atoms with Crippen LogP contribution in [0.15, 0.2) is 60.8 Å². The van der Waals surface area contributed by atoms with Gasteiger partial charge in [-0.25, -0.2) is 0 Å². The number of aromatic nitrogens is 1. The van der Waals surface area contributed by atoms with Crippen LogP contribution in [0.3, 0.4) is 0 Å². The number of benzene rings is 1. The Labute approximate surface area is 119 Å². The molecule has 0 amide bonds. The van der Waals surface area contributed by atoms with Crippen LogP contribution in [0.1, 0.15) is 0 Å². The zero-order chi connectivity index (χ0) is 13.9. The summed E-state index contributed by atoms with van der Waals surface area (Å²) in [6, 6.07) is 16.4. The van der Waals surface area contributed by atoms with Crippen LogP contribution in [0, 0.1) is 10.1 Å². The summed E-state index contributed by atoms with van der Waals surface area (Å²) in [6.07, 6.45) is 1.76. The van der Waals surface area contributed by atoms with E-state index in [-0.39, 0.29) is 5.69 Å². The second-order valence-electron chi connectivity index (χ2n) is 4.18. The second kappa shape index (κ2) is 5.22. The van der Waals surface area contributed by atoms with Crippen LogP contribution in [-0.2, 0) is 0 Å². The van der Waals surface area contributed by atoms with E-state index in [0.29, 0.717) is 0 Å². The molecule has 98 valence electrons. The van der Waals surface area contributed by atoms with E-state index >= 15 is 0 Å². The third-order valence-corrected chi connectivity index (χ3v) is 4.04. The number of nitro groups is 1. The minimum atomic E-state index is -0.391. The first kappa shape index (κ1) is 12.5. The van der Waals surface area contributed by atoms with Crippen molar-refractivity contribution in [2.45, 2.75) is 0 Å². The molecule has 20 heavy (non-hydrogen) atoms. The molecule has 0 N–H and O–H groups in total. The number of hydrogen-bond donors (Lipinski definition) is 0. The Morgan fingerprint density at radius 2 is 1.70 bits per heavy atom. The van der Waals surface area contributed by atoms with Gasteiger partial charge in [-0.05, 0) is 42.0 Å². The summed E-state index contributed by atoms with van der Waals surface area (Å²) in [5, 5.41) is 10.6. The summed E-state index contributed by atoms with van der Waals surface area (Å²) >= 11 is 1.62. The minimum Gasteiger partial charge on any atom is -0.258 e. The highest BCUT2D eigenvalue weighted by molar-refractivity contribution is 7.18. The molecule has 0 aliphatic carbocycles. The summed E-state index contributed by atoms with van der Waals surface area (Å²) < 4.78 is 0. The Hall–Kier alpha value is -2.53. The van der Waals surface area contributed by atoms with Crippen LogP contribution in [0.4, 0.5) is 5.69 Å². The smallest absolute Gasteiger partial charge is 0.258 e. The fourth-order valence-electron chi connectivity index (χ4n) is 1.89. The van der Waals surface area contributed by atoms with Crippen molar-refractivity contribution in [1.29, 1.82) is 0 Å². The zero-order valence-corrected chi connectivity index (χ0v) is 11.2. The molecule has 0 bridgehead atoms. The highest BCUT2D eigenvalue weighted by Crippen LogP contribution is 2.33. The number of nitrogens with zero attached hydrogens (tertiary/aromatic N) is 2. The van der Waals surface area contributed by atoms with Gasteiger partial charge in [-0.1, -0.05) is 6.07 Å². The van der Waals surface area contributed by atoms with Gasteiger partial charge in [0.15, 0.2) is 0 Å². The topological polar surface area (TPSA) is 56.0 Å². The molecule has 4 nitrogen and oxygen atoms in total. The summed E-state index contributed by atoms with van der Waals surface area (Å²) in [5.41, 5.74) is 2.02. The second-order valence-corrected chi connectivity index (χ2v) is 5.27. The van der Waals surface area contributed by atoms with E-state index in [2.05, 4.69) is 4.98 Å². The maximum atomic E-state index is 10.6. The molecule has 0 fully saturated rings. The quantitative estimate of drug-likeness (QED) is 0.529. The largest absolute Gasteiger partial charge is 0.269 e. The SMILES string of the molecule is O=[N+]([O-])c1ccc(-c2ccc(-c3ccccn3)s2)cc1. The van der Waals surface area contributed by atoms with Gasteiger partial charge < -0.3 is 0 Å². The lowest BCUT2D eigenvalue weighted by atomic mass is 10.2. The van der Waals surface area contributed by atoms with Crippen molar-refractivity contribution in [1.82, 2.24) is 4.98 Å². The van der Waals surface area contributed by atoms with Gasteiger partial charge in [-0.15, -0.1) is 11.3 Å². The van der Waals surface area contributed by atoms with E-state index in [9.17, 15) is 10.1 Å². The predicted octanol–water partition coefficient (Wildman–Crippen LogP) is 4.39. The summed E-state index contributed by atoms with van der Waals surface area (Å²) in [4.78, 5) is 16.7. The minimum absolute atomic E-state index is 0.107. The Bertz CT molecular complexity index is 736. The number of pyridine rings is 1. The zero-order valence-electron chi connectivity index (χ0n) is 10.4. The normalized spacial score (nSPS) is 10.4. The lowest BCUT2D eigenvalue weighted by Gasteiger charge is -1.97. The van der Waals surface area contributed by atoms with Crippen molar-refractivity contribution in [3.05, 3.63) is 70.9 Å². The number of nitro benzene ring substituents is 1. The van der Waals surface area contributed by atoms with E-state index < -0.39 is 4.92 Å². The summed E-state index contributed by atoms with van der Waals surface area (Å²) in [7, 11) is 0. The van der Waals surface area contributed by atoms with Gasteiger partial charge >= 0.3 is 0 Å². The molecular formula is C15H10N2O2S. The fraction of sp³-hybridized carbons (Fsp3) is 0. The first-order chi connectivity index (χ1) is 9.74. The summed E-state index contributed by atoms with van der Waals surface area (Å²) in [5.74, 6) is 0. The van der Waals surface area contributed by atoms with Crippen LogP contribution in [0.5, 0.6) is 0 Å². The Balaban J connectivity index is 1.92. The van der Waals surface area contributed by atoms with Crippen LogP contribution in [0.25, 0.3) is 21.0 Å². The van der Waals surface area contributed by atoms with E-state index in [0.717, 1.165) is 21.0 Å². The van der Waals surface area contributed by atoms with Gasteiger partial charge in [-0.3, -0.25) is 15.1 Å². The summed E-state index contributed by atoms with van der Waals surface area (Å²) in [6.45, 7) is 0. The van der Waals surface area contributed by atoms with E-state index in [1.54, 1.807) is 29.7 Å². The van der Waals surface area contributed by atoms with Gasteiger partial charge in [0.1, 0.15) is 0 Å². The molecule has 0 unspecified atom stereocenters. The number of non-ortho nitro benzene ring substituents is 1. The van der Waals surface area contributed by atoms with Gasteiger partial charge in [0.2, 0.25) is 0 Å². The Kier molecular flexibility index (Phi) is 3.26. The van der Waals surface area contributed by atoms with E-state index in [4.69, 9.17) is 0 Å². The highest BCUT2D eigenvalue weighted by atomic mass is 32.1. The van der Waals surface area contributed by atoms with E-state index in [1.807, 2.05) is 30.3 Å². The average Bonchev–Trinajstić information content (AvgIpc) is 2.98. The van der Waals surface area contributed by atoms with Gasteiger partial charge in [0, 0.05) is 23.2 Å². The van der Waals surface area contributed by atoms with Crippen LogP contribution in [-0.4, -0.2) is 9.91 Å². The lowest BCUT2D eigenvalue weighted by Crippen LogP contribution is -1.86. The molecule has 0 aliphatic rings. The maximum Gasteiger partial charge on any atom is 0.269 e. The Morgan fingerprint density at radius 3 is 2.35 bits per heavy atom. The number of thiophene rings is 1. The molecule has 3 rings (SSSR count). The molecule has 0 spiro atoms. The van der Waals surface area contributed by atoms with Crippen molar-refractivity contribution in [3.8, 4) is 21.0 Å². The van der Waals surface area contributed by atoms with Crippen molar-refractivity contribution in [3.63, 3.8) is 0 Å². The average molecular weight is 282 g/mol. The van der Waals surface area contributed by atoms with Crippen molar-refractivity contribution >= 4 is 17.0 Å². The predicted molar refractivity (Wildman–Crippen MR) is 79.6 cm³/mol. The van der Waals surface area contributed by atoms with E-state index in [1.165, 1.54) is 12.1 Å². The molecular weight excluding hydrogens is 272 g/mol.